The number of phenolic OH excluding ortho intramolecular Hbond substituents is 2. The minimum absolute atomic E-state index is 0.0201. The second-order valence-electron chi connectivity index (χ2n) is 7.56. The number of hydrogen-bond acceptors (Lipinski definition) is 4. The fourth-order valence-corrected chi connectivity index (χ4v) is 4.53. The Kier molecular flexibility index (Phi) is 2.97. The average molecular weight is 326 g/mol. The molecule has 2 atom stereocenters. The first-order valence-corrected chi connectivity index (χ1v) is 8.45. The van der Waals surface area contributed by atoms with Crippen molar-refractivity contribution in [3.8, 4) is 17.2 Å². The molecule has 0 saturated carbocycles. The van der Waals surface area contributed by atoms with Gasteiger partial charge in [-0.25, -0.2) is 0 Å². The summed E-state index contributed by atoms with van der Waals surface area (Å²) in [4.78, 5) is 12.8. The number of fused-ring (bicyclic) bond motifs is 4. The molecule has 4 nitrogen and oxygen atoms in total. The molecule has 1 unspecified atom stereocenters. The van der Waals surface area contributed by atoms with Gasteiger partial charge < -0.3 is 14.9 Å². The minimum atomic E-state index is -0.487. The molecule has 0 amide bonds. The maximum atomic E-state index is 12.8. The molecule has 0 radical (unpaired) electrons. The van der Waals surface area contributed by atoms with Gasteiger partial charge in [-0.05, 0) is 43.9 Å². The van der Waals surface area contributed by atoms with Crippen LogP contribution in [0.1, 0.15) is 67.9 Å². The van der Waals surface area contributed by atoms with Crippen molar-refractivity contribution in [1.82, 2.24) is 0 Å². The molecule has 1 aliphatic heterocycles. The van der Waals surface area contributed by atoms with Gasteiger partial charge in [-0.3, -0.25) is 4.79 Å². The number of allylic oxidation sites excluding steroid dienone is 4. The van der Waals surface area contributed by atoms with Gasteiger partial charge in [0, 0.05) is 22.5 Å². The quantitative estimate of drug-likeness (QED) is 0.704. The second-order valence-corrected chi connectivity index (χ2v) is 7.56. The molecular weight excluding hydrogens is 304 g/mol. The first kappa shape index (κ1) is 15.3. The fraction of sp³-hybridized carbons (Fsp3) is 0.450. The number of carbonyl (C=O) groups is 1. The van der Waals surface area contributed by atoms with E-state index in [9.17, 15) is 15.0 Å². The molecule has 1 heterocycles. The van der Waals surface area contributed by atoms with Crippen molar-refractivity contribution in [2.75, 3.05) is 6.61 Å². The third-order valence-corrected chi connectivity index (χ3v) is 6.12. The lowest BCUT2D eigenvalue weighted by molar-refractivity contribution is 0.103. The van der Waals surface area contributed by atoms with Crippen molar-refractivity contribution in [3.05, 3.63) is 39.5 Å². The lowest BCUT2D eigenvalue weighted by atomic mass is 9.61. The molecule has 2 aliphatic carbocycles. The summed E-state index contributed by atoms with van der Waals surface area (Å²) < 4.78 is 5.64. The molecule has 0 spiro atoms. The van der Waals surface area contributed by atoms with Gasteiger partial charge in [0.1, 0.15) is 5.75 Å². The molecular formula is C20H22O4. The van der Waals surface area contributed by atoms with Crippen LogP contribution in [0.15, 0.2) is 22.8 Å². The summed E-state index contributed by atoms with van der Waals surface area (Å²) in [7, 11) is 0. The summed E-state index contributed by atoms with van der Waals surface area (Å²) >= 11 is 0. The fourth-order valence-electron chi connectivity index (χ4n) is 4.53. The highest BCUT2D eigenvalue weighted by molar-refractivity contribution is 6.12. The third kappa shape index (κ3) is 1.66. The third-order valence-electron chi connectivity index (χ3n) is 6.12. The van der Waals surface area contributed by atoms with Gasteiger partial charge in [0.05, 0.1) is 12.2 Å². The van der Waals surface area contributed by atoms with E-state index in [1.807, 2.05) is 20.8 Å². The number of ketones is 1. The Balaban J connectivity index is 2.08. The molecule has 3 aliphatic rings. The number of rotatable bonds is 0. The Labute approximate surface area is 141 Å². The van der Waals surface area contributed by atoms with Gasteiger partial charge in [0.2, 0.25) is 0 Å². The zero-order valence-corrected chi connectivity index (χ0v) is 14.5. The maximum absolute atomic E-state index is 12.8. The van der Waals surface area contributed by atoms with Crippen molar-refractivity contribution < 1.29 is 19.7 Å². The van der Waals surface area contributed by atoms with Crippen LogP contribution < -0.4 is 4.74 Å². The Bertz CT molecular complexity index is 859. The molecule has 4 heteroatoms. The first-order chi connectivity index (χ1) is 11.3. The Hall–Kier alpha value is -2.23. The first-order valence-electron chi connectivity index (χ1n) is 8.45. The van der Waals surface area contributed by atoms with Crippen LogP contribution in [0, 0.1) is 0 Å². The molecule has 24 heavy (non-hydrogen) atoms. The zero-order valence-electron chi connectivity index (χ0n) is 14.5. The van der Waals surface area contributed by atoms with E-state index in [2.05, 4.69) is 6.92 Å². The van der Waals surface area contributed by atoms with Crippen LogP contribution in [-0.4, -0.2) is 22.6 Å². The molecule has 2 N–H and O–H groups in total. The van der Waals surface area contributed by atoms with Gasteiger partial charge in [-0.1, -0.05) is 19.4 Å². The smallest absolute Gasteiger partial charge is 0.190 e. The zero-order chi connectivity index (χ0) is 17.4. The standard InChI is InChI=1S/C20H22O4/c1-9-5-6-20(4)12(11(9)3)7-13(21)15-16(20)18(23)19-14(17(15)22)10(2)8-24-19/h7,10,22-23H,5-6,8H2,1-4H3/t10?,20-/m0/s1. The topological polar surface area (TPSA) is 66.8 Å². The summed E-state index contributed by atoms with van der Waals surface area (Å²) in [6.45, 7) is 8.48. The van der Waals surface area contributed by atoms with Gasteiger partial charge in [-0.2, -0.15) is 0 Å². The van der Waals surface area contributed by atoms with E-state index in [4.69, 9.17) is 4.74 Å². The summed E-state index contributed by atoms with van der Waals surface area (Å²) in [6, 6.07) is 0. The van der Waals surface area contributed by atoms with Crippen molar-refractivity contribution in [2.45, 2.75) is 51.9 Å². The highest BCUT2D eigenvalue weighted by Gasteiger charge is 2.47. The molecule has 126 valence electrons. The number of carbonyl (C=O) groups excluding carboxylic acids is 1. The largest absolute Gasteiger partial charge is 0.507 e. The summed E-state index contributed by atoms with van der Waals surface area (Å²) in [5.74, 6) is 0.0702. The molecule has 1 aromatic carbocycles. The summed E-state index contributed by atoms with van der Waals surface area (Å²) in [6.07, 6.45) is 3.35. The van der Waals surface area contributed by atoms with Crippen molar-refractivity contribution in [1.29, 1.82) is 0 Å². The van der Waals surface area contributed by atoms with Crippen LogP contribution in [-0.2, 0) is 5.41 Å². The molecule has 0 saturated heterocycles. The van der Waals surface area contributed by atoms with Gasteiger partial charge in [-0.15, -0.1) is 0 Å². The molecule has 4 rings (SSSR count). The lowest BCUT2D eigenvalue weighted by Gasteiger charge is -2.42. The van der Waals surface area contributed by atoms with E-state index in [0.717, 1.165) is 24.0 Å². The SMILES string of the molecule is CC1=C(C)C2=CC(=O)c3c(O)c4c(c(O)c3[C@@]2(C)CC1)OCC4C. The predicted molar refractivity (Wildman–Crippen MR) is 91.1 cm³/mol. The van der Waals surface area contributed by atoms with Crippen LogP contribution in [0.3, 0.4) is 0 Å². The maximum Gasteiger partial charge on any atom is 0.190 e. The van der Waals surface area contributed by atoms with Crippen LogP contribution in [0.5, 0.6) is 17.2 Å². The number of hydrogen-bond donors (Lipinski definition) is 2. The average Bonchev–Trinajstić information content (AvgIpc) is 2.92. The van der Waals surface area contributed by atoms with Gasteiger partial charge >= 0.3 is 0 Å². The molecule has 0 fully saturated rings. The van der Waals surface area contributed by atoms with Crippen molar-refractivity contribution in [2.24, 2.45) is 0 Å². The van der Waals surface area contributed by atoms with Crippen molar-refractivity contribution >= 4 is 5.78 Å². The molecule has 0 bridgehead atoms. The van der Waals surface area contributed by atoms with Crippen LogP contribution in [0.25, 0.3) is 0 Å². The van der Waals surface area contributed by atoms with Crippen LogP contribution >= 0.6 is 0 Å². The van der Waals surface area contributed by atoms with E-state index in [1.165, 1.54) is 5.57 Å². The highest BCUT2D eigenvalue weighted by atomic mass is 16.5. The summed E-state index contributed by atoms with van der Waals surface area (Å²) in [5.41, 5.74) is 4.17. The second kappa shape index (κ2) is 4.65. The number of ether oxygens (including phenoxy) is 1. The summed E-state index contributed by atoms with van der Waals surface area (Å²) in [5, 5.41) is 21.7. The van der Waals surface area contributed by atoms with Crippen LogP contribution in [0.4, 0.5) is 0 Å². The van der Waals surface area contributed by atoms with E-state index < -0.39 is 5.41 Å². The monoisotopic (exact) mass is 326 g/mol. The molecule has 1 aromatic rings. The minimum Gasteiger partial charge on any atom is -0.507 e. The Morgan fingerprint density at radius 1 is 1.25 bits per heavy atom. The normalized spacial score (nSPS) is 28.1. The Morgan fingerprint density at radius 3 is 2.67 bits per heavy atom. The number of benzene rings is 1. The van der Waals surface area contributed by atoms with Crippen LogP contribution in [0.2, 0.25) is 0 Å². The van der Waals surface area contributed by atoms with Crippen molar-refractivity contribution in [3.63, 3.8) is 0 Å². The lowest BCUT2D eigenvalue weighted by Crippen LogP contribution is -2.34. The van der Waals surface area contributed by atoms with E-state index in [0.29, 0.717) is 23.5 Å². The molecule has 0 aromatic heterocycles. The van der Waals surface area contributed by atoms with E-state index in [1.54, 1.807) is 6.08 Å². The van der Waals surface area contributed by atoms with E-state index in [-0.39, 0.29) is 28.8 Å². The van der Waals surface area contributed by atoms with E-state index >= 15 is 0 Å². The predicted octanol–water partition coefficient (Wildman–Crippen LogP) is 4.10. The van der Waals surface area contributed by atoms with Gasteiger partial charge in [0.25, 0.3) is 0 Å². The number of aromatic hydroxyl groups is 2. The Morgan fingerprint density at radius 2 is 1.96 bits per heavy atom. The number of phenols is 2. The van der Waals surface area contributed by atoms with Gasteiger partial charge in [0.15, 0.2) is 17.3 Å². The highest BCUT2D eigenvalue weighted by Crippen LogP contribution is 2.59.